The summed E-state index contributed by atoms with van der Waals surface area (Å²) in [5, 5.41) is 9.36. The zero-order chi connectivity index (χ0) is 15.8. The standard InChI is InChI=1S/C15H26N2O3S/c1-11(15(2,3)4)8-16-21(19,20)14-7-13(10-18)17(9-14)12-5-6-12/h7,9,11-12,16,18H,5-6,8,10H2,1-4H3. The van der Waals surface area contributed by atoms with Gasteiger partial charge in [0, 0.05) is 24.5 Å². The molecular formula is C15H26N2O3S. The van der Waals surface area contributed by atoms with Crippen molar-refractivity contribution in [2.75, 3.05) is 6.54 Å². The lowest BCUT2D eigenvalue weighted by molar-refractivity contribution is 0.263. The fraction of sp³-hybridized carbons (Fsp3) is 0.733. The van der Waals surface area contributed by atoms with E-state index in [1.165, 1.54) is 0 Å². The van der Waals surface area contributed by atoms with Crippen molar-refractivity contribution in [1.29, 1.82) is 0 Å². The second kappa shape index (κ2) is 5.74. The smallest absolute Gasteiger partial charge is 0.242 e. The Hall–Kier alpha value is -0.850. The van der Waals surface area contributed by atoms with Crippen molar-refractivity contribution < 1.29 is 13.5 Å². The minimum atomic E-state index is -3.52. The highest BCUT2D eigenvalue weighted by atomic mass is 32.2. The van der Waals surface area contributed by atoms with Gasteiger partial charge in [0.15, 0.2) is 0 Å². The van der Waals surface area contributed by atoms with Crippen molar-refractivity contribution >= 4 is 10.0 Å². The van der Waals surface area contributed by atoms with Crippen molar-refractivity contribution in [3.8, 4) is 0 Å². The number of hydrogen-bond donors (Lipinski definition) is 2. The van der Waals surface area contributed by atoms with Crippen LogP contribution < -0.4 is 4.72 Å². The van der Waals surface area contributed by atoms with Gasteiger partial charge in [-0.1, -0.05) is 27.7 Å². The summed E-state index contributed by atoms with van der Waals surface area (Å²) in [6.45, 7) is 8.61. The second-order valence-electron chi connectivity index (χ2n) is 7.08. The molecule has 1 aliphatic carbocycles. The third kappa shape index (κ3) is 3.87. The van der Waals surface area contributed by atoms with Crippen LogP contribution in [-0.4, -0.2) is 24.6 Å². The molecule has 120 valence electrons. The highest BCUT2D eigenvalue weighted by Gasteiger charge is 2.28. The molecule has 5 nitrogen and oxygen atoms in total. The minimum Gasteiger partial charge on any atom is -0.390 e. The molecule has 0 saturated heterocycles. The van der Waals surface area contributed by atoms with Crippen molar-refractivity contribution in [3.63, 3.8) is 0 Å². The minimum absolute atomic E-state index is 0.0543. The molecule has 1 saturated carbocycles. The van der Waals surface area contributed by atoms with Gasteiger partial charge in [0.25, 0.3) is 0 Å². The van der Waals surface area contributed by atoms with E-state index in [2.05, 4.69) is 25.5 Å². The lowest BCUT2D eigenvalue weighted by atomic mass is 9.82. The van der Waals surface area contributed by atoms with Crippen molar-refractivity contribution in [1.82, 2.24) is 9.29 Å². The fourth-order valence-electron chi connectivity index (χ4n) is 2.09. The molecule has 1 aromatic rings. The number of sulfonamides is 1. The van der Waals surface area contributed by atoms with E-state index < -0.39 is 10.0 Å². The van der Waals surface area contributed by atoms with Crippen LogP contribution in [0.3, 0.4) is 0 Å². The number of aromatic nitrogens is 1. The summed E-state index contributed by atoms with van der Waals surface area (Å²) in [5.74, 6) is 0.232. The second-order valence-corrected chi connectivity index (χ2v) is 8.85. The monoisotopic (exact) mass is 314 g/mol. The molecular weight excluding hydrogens is 288 g/mol. The molecule has 2 N–H and O–H groups in total. The van der Waals surface area contributed by atoms with Crippen LogP contribution in [-0.2, 0) is 16.6 Å². The molecule has 0 bridgehead atoms. The summed E-state index contributed by atoms with van der Waals surface area (Å²) in [4.78, 5) is 0.250. The van der Waals surface area contributed by atoms with E-state index in [1.807, 2.05) is 11.5 Å². The molecule has 0 aliphatic heterocycles. The Morgan fingerprint density at radius 3 is 2.52 bits per heavy atom. The Morgan fingerprint density at radius 1 is 1.43 bits per heavy atom. The zero-order valence-corrected chi connectivity index (χ0v) is 14.1. The first kappa shape index (κ1) is 16.5. The number of aliphatic hydroxyl groups is 1. The SMILES string of the molecule is CC(CNS(=O)(=O)c1cc(CO)n(C2CC2)c1)C(C)(C)C. The normalized spacial score (nSPS) is 18.0. The summed E-state index contributed by atoms with van der Waals surface area (Å²) in [5.41, 5.74) is 0.723. The van der Waals surface area contributed by atoms with Crippen LogP contribution in [0.4, 0.5) is 0 Å². The molecule has 21 heavy (non-hydrogen) atoms. The van der Waals surface area contributed by atoms with Gasteiger partial charge in [-0.3, -0.25) is 0 Å². The van der Waals surface area contributed by atoms with E-state index in [0.29, 0.717) is 18.3 Å². The maximum Gasteiger partial charge on any atom is 0.242 e. The Balaban J connectivity index is 2.12. The maximum atomic E-state index is 12.4. The molecule has 0 amide bonds. The van der Waals surface area contributed by atoms with Crippen LogP contribution in [0.5, 0.6) is 0 Å². The molecule has 0 aromatic carbocycles. The van der Waals surface area contributed by atoms with Crippen LogP contribution >= 0.6 is 0 Å². The summed E-state index contributed by atoms with van der Waals surface area (Å²) >= 11 is 0. The first-order valence-electron chi connectivity index (χ1n) is 7.46. The third-order valence-electron chi connectivity index (χ3n) is 4.38. The van der Waals surface area contributed by atoms with Gasteiger partial charge in [-0.05, 0) is 30.2 Å². The van der Waals surface area contributed by atoms with E-state index in [-0.39, 0.29) is 22.8 Å². The Labute approximate surface area is 127 Å². The molecule has 0 radical (unpaired) electrons. The predicted octanol–water partition coefficient (Wildman–Crippen LogP) is 2.28. The van der Waals surface area contributed by atoms with Crippen LogP contribution in [0.25, 0.3) is 0 Å². The van der Waals surface area contributed by atoms with Gasteiger partial charge in [-0.2, -0.15) is 0 Å². The van der Waals surface area contributed by atoms with E-state index in [4.69, 9.17) is 0 Å². The van der Waals surface area contributed by atoms with Crippen LogP contribution in [0.15, 0.2) is 17.2 Å². The maximum absolute atomic E-state index is 12.4. The molecule has 0 spiro atoms. The van der Waals surface area contributed by atoms with Gasteiger partial charge in [0.1, 0.15) is 0 Å². The van der Waals surface area contributed by atoms with Gasteiger partial charge in [-0.25, -0.2) is 13.1 Å². The highest BCUT2D eigenvalue weighted by Crippen LogP contribution is 2.37. The Morgan fingerprint density at radius 2 is 2.05 bits per heavy atom. The molecule has 1 aliphatic rings. The topological polar surface area (TPSA) is 71.3 Å². The first-order chi connectivity index (χ1) is 9.65. The van der Waals surface area contributed by atoms with Crippen molar-refractivity contribution in [2.45, 2.75) is 58.1 Å². The number of hydrogen-bond acceptors (Lipinski definition) is 3. The van der Waals surface area contributed by atoms with Crippen LogP contribution in [0.1, 0.15) is 52.3 Å². The van der Waals surface area contributed by atoms with Gasteiger partial charge in [-0.15, -0.1) is 0 Å². The molecule has 1 heterocycles. The lowest BCUT2D eigenvalue weighted by Crippen LogP contribution is -2.33. The van der Waals surface area contributed by atoms with Crippen molar-refractivity contribution in [3.05, 3.63) is 18.0 Å². The van der Waals surface area contributed by atoms with E-state index >= 15 is 0 Å². The van der Waals surface area contributed by atoms with E-state index in [0.717, 1.165) is 12.8 Å². The molecule has 2 rings (SSSR count). The summed E-state index contributed by atoms with van der Waals surface area (Å²) in [7, 11) is -3.52. The van der Waals surface area contributed by atoms with E-state index in [9.17, 15) is 13.5 Å². The first-order valence-corrected chi connectivity index (χ1v) is 8.94. The number of aliphatic hydroxyl groups excluding tert-OH is 1. The lowest BCUT2D eigenvalue weighted by Gasteiger charge is -2.27. The number of nitrogens with one attached hydrogen (secondary N) is 1. The number of nitrogens with zero attached hydrogens (tertiary/aromatic N) is 1. The van der Waals surface area contributed by atoms with Crippen LogP contribution in [0.2, 0.25) is 0 Å². The summed E-state index contributed by atoms with van der Waals surface area (Å²) in [6, 6.07) is 1.92. The number of rotatable bonds is 6. The van der Waals surface area contributed by atoms with Gasteiger partial charge in [0.05, 0.1) is 11.5 Å². The molecule has 1 fully saturated rings. The molecule has 6 heteroatoms. The quantitative estimate of drug-likeness (QED) is 0.846. The Kier molecular flexibility index (Phi) is 4.52. The largest absolute Gasteiger partial charge is 0.390 e. The average molecular weight is 314 g/mol. The average Bonchev–Trinajstić information content (AvgIpc) is 3.13. The molecule has 1 atom stereocenters. The highest BCUT2D eigenvalue weighted by molar-refractivity contribution is 7.89. The molecule has 1 unspecified atom stereocenters. The third-order valence-corrected chi connectivity index (χ3v) is 5.77. The Bertz CT molecular complexity index is 595. The molecule has 1 aromatic heterocycles. The fourth-order valence-corrected chi connectivity index (χ4v) is 3.27. The van der Waals surface area contributed by atoms with Gasteiger partial charge >= 0.3 is 0 Å². The summed E-state index contributed by atoms with van der Waals surface area (Å²) in [6.07, 6.45) is 3.75. The van der Waals surface area contributed by atoms with Crippen molar-refractivity contribution in [2.24, 2.45) is 11.3 Å². The zero-order valence-electron chi connectivity index (χ0n) is 13.3. The van der Waals surface area contributed by atoms with Gasteiger partial charge < -0.3 is 9.67 Å². The summed E-state index contributed by atoms with van der Waals surface area (Å²) < 4.78 is 29.3. The van der Waals surface area contributed by atoms with E-state index in [1.54, 1.807) is 12.3 Å². The van der Waals surface area contributed by atoms with Gasteiger partial charge in [0.2, 0.25) is 10.0 Å². The predicted molar refractivity (Wildman–Crippen MR) is 82.4 cm³/mol. The van der Waals surface area contributed by atoms with Crippen LogP contribution in [0, 0.1) is 11.3 Å².